The summed E-state index contributed by atoms with van der Waals surface area (Å²) in [6.45, 7) is 1.78. The summed E-state index contributed by atoms with van der Waals surface area (Å²) in [5.41, 5.74) is 5.06. The van der Waals surface area contributed by atoms with Crippen LogP contribution < -0.4 is 10.7 Å². The second kappa shape index (κ2) is 7.89. The third-order valence-corrected chi connectivity index (χ3v) is 3.57. The Balaban J connectivity index is 1.62. The van der Waals surface area contributed by atoms with Crippen LogP contribution in [0.2, 0.25) is 0 Å². The largest absolute Gasteiger partial charge is 0.459 e. The Kier molecular flexibility index (Phi) is 5.19. The van der Waals surface area contributed by atoms with Gasteiger partial charge in [-0.1, -0.05) is 12.1 Å². The number of rotatable bonds is 5. The Morgan fingerprint density at radius 2 is 1.69 bits per heavy atom. The molecule has 2 heterocycles. The van der Waals surface area contributed by atoms with Crippen LogP contribution in [0.15, 0.2) is 76.7 Å². The highest BCUT2D eigenvalue weighted by Gasteiger charge is 2.09. The summed E-state index contributed by atoms with van der Waals surface area (Å²) in [4.78, 5) is 27.8. The average Bonchev–Trinajstić information content (AvgIpc) is 3.22. The van der Waals surface area contributed by atoms with Crippen molar-refractivity contribution in [2.75, 3.05) is 5.32 Å². The summed E-state index contributed by atoms with van der Waals surface area (Å²) < 4.78 is 5.05. The van der Waals surface area contributed by atoms with Crippen LogP contribution in [0.25, 0.3) is 0 Å². The van der Waals surface area contributed by atoms with E-state index in [0.29, 0.717) is 17.0 Å². The van der Waals surface area contributed by atoms with Gasteiger partial charge in [-0.3, -0.25) is 14.6 Å². The number of hydrogen-bond donors (Lipinski definition) is 2. The highest BCUT2D eigenvalue weighted by atomic mass is 16.3. The van der Waals surface area contributed by atoms with Crippen LogP contribution in [0.4, 0.5) is 5.69 Å². The Morgan fingerprint density at radius 3 is 2.35 bits per heavy atom. The first-order valence-electron chi connectivity index (χ1n) is 7.83. The van der Waals surface area contributed by atoms with Gasteiger partial charge in [0, 0.05) is 23.6 Å². The first-order valence-corrected chi connectivity index (χ1v) is 7.83. The van der Waals surface area contributed by atoms with Crippen LogP contribution in [0, 0.1) is 0 Å². The first kappa shape index (κ1) is 17.1. The van der Waals surface area contributed by atoms with E-state index in [-0.39, 0.29) is 17.6 Å². The van der Waals surface area contributed by atoms with Gasteiger partial charge in [0.2, 0.25) is 0 Å². The van der Waals surface area contributed by atoms with Crippen LogP contribution in [0.3, 0.4) is 0 Å². The zero-order valence-corrected chi connectivity index (χ0v) is 14.0. The highest BCUT2D eigenvalue weighted by Crippen LogP contribution is 2.12. The summed E-state index contributed by atoms with van der Waals surface area (Å²) >= 11 is 0. The molecule has 3 rings (SSSR count). The topological polar surface area (TPSA) is 96.6 Å². The molecule has 0 unspecified atom stereocenters. The number of nitrogens with one attached hydrogen (secondary N) is 2. The third-order valence-electron chi connectivity index (χ3n) is 3.57. The molecule has 7 heteroatoms. The van der Waals surface area contributed by atoms with Crippen molar-refractivity contribution in [1.29, 1.82) is 0 Å². The molecule has 0 aliphatic carbocycles. The van der Waals surface area contributed by atoms with E-state index in [4.69, 9.17) is 4.42 Å². The number of pyridine rings is 1. The second-order valence-corrected chi connectivity index (χ2v) is 5.38. The molecule has 130 valence electrons. The molecule has 2 N–H and O–H groups in total. The van der Waals surface area contributed by atoms with E-state index in [1.807, 2.05) is 0 Å². The molecule has 0 saturated carbocycles. The second-order valence-electron chi connectivity index (χ2n) is 5.38. The number of hydrogen-bond acceptors (Lipinski definition) is 5. The van der Waals surface area contributed by atoms with Gasteiger partial charge in [-0.25, -0.2) is 5.43 Å². The molecule has 1 aromatic carbocycles. The fraction of sp³-hybridized carbons (Fsp3) is 0.0526. The van der Waals surface area contributed by atoms with Crippen molar-refractivity contribution in [3.8, 4) is 0 Å². The number of carbonyl (C=O) groups is 2. The summed E-state index contributed by atoms with van der Waals surface area (Å²) in [5.74, 6) is -0.391. The minimum atomic E-state index is -0.322. The number of amides is 2. The fourth-order valence-corrected chi connectivity index (χ4v) is 2.16. The third kappa shape index (κ3) is 4.21. The van der Waals surface area contributed by atoms with Crippen LogP contribution >= 0.6 is 0 Å². The summed E-state index contributed by atoms with van der Waals surface area (Å²) in [6.07, 6.45) is 4.53. The lowest BCUT2D eigenvalue weighted by molar-refractivity contribution is 0.0953. The molecular weight excluding hydrogens is 332 g/mol. The van der Waals surface area contributed by atoms with Crippen molar-refractivity contribution in [2.45, 2.75) is 6.92 Å². The normalized spacial score (nSPS) is 11.0. The van der Waals surface area contributed by atoms with E-state index in [9.17, 15) is 9.59 Å². The monoisotopic (exact) mass is 348 g/mol. The van der Waals surface area contributed by atoms with E-state index >= 15 is 0 Å². The lowest BCUT2D eigenvalue weighted by Gasteiger charge is -2.06. The van der Waals surface area contributed by atoms with E-state index < -0.39 is 0 Å². The highest BCUT2D eigenvalue weighted by molar-refractivity contribution is 6.03. The molecule has 0 radical (unpaired) electrons. The zero-order valence-electron chi connectivity index (χ0n) is 14.0. The van der Waals surface area contributed by atoms with Crippen molar-refractivity contribution < 1.29 is 14.0 Å². The van der Waals surface area contributed by atoms with Crippen molar-refractivity contribution in [1.82, 2.24) is 10.4 Å². The van der Waals surface area contributed by atoms with Gasteiger partial charge >= 0.3 is 0 Å². The molecule has 0 aliphatic heterocycles. The van der Waals surface area contributed by atoms with E-state index in [0.717, 1.165) is 5.56 Å². The standard InChI is InChI=1S/C19H16N4O3/c1-13(22-23-18(24)15-8-10-20-11-9-15)14-4-6-16(7-5-14)21-19(25)17-3-2-12-26-17/h2-12H,1H3,(H,21,25)(H,23,24)/b22-13-. The molecule has 3 aromatic rings. The number of anilines is 1. The SMILES string of the molecule is C/C(=N/NC(=O)c1ccncc1)c1ccc(NC(=O)c2ccco2)cc1. The molecule has 0 fully saturated rings. The molecule has 7 nitrogen and oxygen atoms in total. The molecule has 0 saturated heterocycles. The molecule has 0 aliphatic rings. The smallest absolute Gasteiger partial charge is 0.291 e. The maximum absolute atomic E-state index is 12.0. The lowest BCUT2D eigenvalue weighted by atomic mass is 10.1. The molecule has 0 bridgehead atoms. The van der Waals surface area contributed by atoms with E-state index in [2.05, 4.69) is 20.8 Å². The van der Waals surface area contributed by atoms with Crippen molar-refractivity contribution in [3.63, 3.8) is 0 Å². The van der Waals surface area contributed by atoms with Gasteiger partial charge in [0.25, 0.3) is 11.8 Å². The van der Waals surface area contributed by atoms with Crippen LogP contribution in [0.1, 0.15) is 33.4 Å². The number of nitrogens with zero attached hydrogens (tertiary/aromatic N) is 2. The molecule has 26 heavy (non-hydrogen) atoms. The minimum absolute atomic E-state index is 0.241. The summed E-state index contributed by atoms with van der Waals surface area (Å²) in [6, 6.07) is 13.6. The predicted molar refractivity (Wildman–Crippen MR) is 97.0 cm³/mol. The van der Waals surface area contributed by atoms with Gasteiger partial charge in [-0.15, -0.1) is 0 Å². The van der Waals surface area contributed by atoms with Crippen molar-refractivity contribution in [2.24, 2.45) is 5.10 Å². The number of hydrazone groups is 1. The van der Waals surface area contributed by atoms with E-state index in [1.54, 1.807) is 67.8 Å². The lowest BCUT2D eigenvalue weighted by Crippen LogP contribution is -2.19. The molecule has 0 atom stereocenters. The molecule has 0 spiro atoms. The number of benzene rings is 1. The molecular formula is C19H16N4O3. The van der Waals surface area contributed by atoms with Gasteiger partial charge in [0.15, 0.2) is 5.76 Å². The maximum Gasteiger partial charge on any atom is 0.291 e. The first-order chi connectivity index (χ1) is 12.6. The summed E-state index contributed by atoms with van der Waals surface area (Å²) in [5, 5.41) is 6.83. The minimum Gasteiger partial charge on any atom is -0.459 e. The Morgan fingerprint density at radius 1 is 0.962 bits per heavy atom. The molecule has 2 aromatic heterocycles. The van der Waals surface area contributed by atoms with Crippen molar-refractivity contribution >= 4 is 23.2 Å². The van der Waals surface area contributed by atoms with Gasteiger partial charge in [0.1, 0.15) is 0 Å². The van der Waals surface area contributed by atoms with Crippen LogP contribution in [-0.4, -0.2) is 22.5 Å². The molecule has 2 amide bonds. The van der Waals surface area contributed by atoms with Crippen LogP contribution in [0.5, 0.6) is 0 Å². The quantitative estimate of drug-likeness (QED) is 0.547. The Bertz CT molecular complexity index is 917. The summed E-state index contributed by atoms with van der Waals surface area (Å²) in [7, 11) is 0. The zero-order chi connectivity index (χ0) is 18.4. The predicted octanol–water partition coefficient (Wildman–Crippen LogP) is 3.08. The van der Waals surface area contributed by atoms with Gasteiger partial charge in [-0.05, 0) is 48.9 Å². The fourth-order valence-electron chi connectivity index (χ4n) is 2.16. The average molecular weight is 348 g/mol. The maximum atomic E-state index is 12.0. The van der Waals surface area contributed by atoms with E-state index in [1.165, 1.54) is 6.26 Å². The van der Waals surface area contributed by atoms with Crippen LogP contribution in [-0.2, 0) is 0 Å². The number of aromatic nitrogens is 1. The van der Waals surface area contributed by atoms with Gasteiger partial charge in [0.05, 0.1) is 12.0 Å². The Hall–Kier alpha value is -3.74. The van der Waals surface area contributed by atoms with Crippen molar-refractivity contribution in [3.05, 3.63) is 84.1 Å². The van der Waals surface area contributed by atoms with Gasteiger partial charge < -0.3 is 9.73 Å². The number of furan rings is 1. The van der Waals surface area contributed by atoms with Gasteiger partial charge in [-0.2, -0.15) is 5.10 Å². The Labute approximate surface area is 149 Å². The number of carbonyl (C=O) groups excluding carboxylic acids is 2.